The van der Waals surface area contributed by atoms with Crippen molar-refractivity contribution in [2.24, 2.45) is 0 Å². The van der Waals surface area contributed by atoms with Crippen molar-refractivity contribution in [3.8, 4) is 0 Å². The number of hydrogen-bond acceptors (Lipinski definition) is 2. The lowest BCUT2D eigenvalue weighted by Crippen LogP contribution is -2.27. The van der Waals surface area contributed by atoms with E-state index in [1.54, 1.807) is 0 Å². The molecule has 0 aromatic carbocycles. The molecule has 4 nitrogen and oxygen atoms in total. The molecule has 0 fully saturated rings. The molecule has 2 N–H and O–H groups in total. The van der Waals surface area contributed by atoms with Gasteiger partial charge in [-0.3, -0.25) is 9.59 Å². The molecule has 0 atom stereocenters. The summed E-state index contributed by atoms with van der Waals surface area (Å²) in [5.41, 5.74) is 0. The molecule has 0 unspecified atom stereocenters. The molecule has 0 rings (SSSR count). The number of unbranched alkanes of at least 4 members (excludes halogenated alkanes) is 7. The first-order chi connectivity index (χ1) is 8.66. The molecule has 0 aromatic rings. The number of nitrogens with one attached hydrogen (secondary N) is 1. The van der Waals surface area contributed by atoms with Crippen LogP contribution in [0.1, 0.15) is 58.3 Å². The van der Waals surface area contributed by atoms with Gasteiger partial charge in [0.2, 0.25) is 5.91 Å². The maximum atomic E-state index is 11.1. The third-order valence-corrected chi connectivity index (χ3v) is 2.66. The predicted octanol–water partition coefficient (Wildman–Crippen LogP) is 2.88. The Bertz CT molecular complexity index is 262. The van der Waals surface area contributed by atoms with Crippen molar-refractivity contribution >= 4 is 11.9 Å². The van der Waals surface area contributed by atoms with Gasteiger partial charge in [0.1, 0.15) is 6.54 Å². The molecule has 0 heterocycles. The van der Waals surface area contributed by atoms with Gasteiger partial charge in [-0.25, -0.2) is 0 Å². The highest BCUT2D eigenvalue weighted by molar-refractivity contribution is 5.89. The number of amides is 1. The Morgan fingerprint density at radius 2 is 1.67 bits per heavy atom. The monoisotopic (exact) mass is 255 g/mol. The van der Waals surface area contributed by atoms with E-state index in [4.69, 9.17) is 5.11 Å². The van der Waals surface area contributed by atoms with E-state index in [0.29, 0.717) is 0 Å². The molecule has 0 saturated carbocycles. The number of aliphatic carboxylic acids is 1. The number of rotatable bonds is 11. The Kier molecular flexibility index (Phi) is 11.3. The SMILES string of the molecule is CCCCCCCCCC=CC(=O)NCC(=O)O. The Hall–Kier alpha value is -1.32. The first kappa shape index (κ1) is 16.7. The molecule has 104 valence electrons. The van der Waals surface area contributed by atoms with Gasteiger partial charge in [0.15, 0.2) is 0 Å². The molecule has 1 amide bonds. The molecule has 0 aliphatic rings. The normalized spacial score (nSPS) is 10.7. The summed E-state index contributed by atoms with van der Waals surface area (Å²) in [7, 11) is 0. The molecule has 0 spiro atoms. The van der Waals surface area contributed by atoms with E-state index in [0.717, 1.165) is 12.8 Å². The van der Waals surface area contributed by atoms with E-state index in [9.17, 15) is 9.59 Å². The van der Waals surface area contributed by atoms with E-state index in [1.165, 1.54) is 44.6 Å². The summed E-state index contributed by atoms with van der Waals surface area (Å²) in [5, 5.41) is 10.6. The smallest absolute Gasteiger partial charge is 0.322 e. The topological polar surface area (TPSA) is 66.4 Å². The second-order valence-electron chi connectivity index (χ2n) is 4.42. The lowest BCUT2D eigenvalue weighted by molar-refractivity contribution is -0.137. The third kappa shape index (κ3) is 12.7. The Labute approximate surface area is 109 Å². The number of carboxylic acid groups (broad SMARTS) is 1. The van der Waals surface area contributed by atoms with Crippen LogP contribution in [0.25, 0.3) is 0 Å². The maximum Gasteiger partial charge on any atom is 0.322 e. The van der Waals surface area contributed by atoms with Gasteiger partial charge in [-0.05, 0) is 18.9 Å². The van der Waals surface area contributed by atoms with Crippen LogP contribution in [0.15, 0.2) is 12.2 Å². The van der Waals surface area contributed by atoms with Crippen molar-refractivity contribution in [3.63, 3.8) is 0 Å². The third-order valence-electron chi connectivity index (χ3n) is 2.66. The fourth-order valence-corrected chi connectivity index (χ4v) is 1.63. The van der Waals surface area contributed by atoms with Gasteiger partial charge in [-0.2, -0.15) is 0 Å². The van der Waals surface area contributed by atoms with Crippen molar-refractivity contribution in [1.29, 1.82) is 0 Å². The summed E-state index contributed by atoms with van der Waals surface area (Å²) in [6.45, 7) is 1.89. The minimum Gasteiger partial charge on any atom is -0.480 e. The molecule has 0 saturated heterocycles. The number of allylic oxidation sites excluding steroid dienone is 1. The van der Waals surface area contributed by atoms with Gasteiger partial charge < -0.3 is 10.4 Å². The average Bonchev–Trinajstić information content (AvgIpc) is 2.34. The zero-order chi connectivity index (χ0) is 13.6. The zero-order valence-corrected chi connectivity index (χ0v) is 11.3. The molecule has 18 heavy (non-hydrogen) atoms. The largest absolute Gasteiger partial charge is 0.480 e. The fourth-order valence-electron chi connectivity index (χ4n) is 1.63. The summed E-state index contributed by atoms with van der Waals surface area (Å²) < 4.78 is 0. The summed E-state index contributed by atoms with van der Waals surface area (Å²) in [4.78, 5) is 21.3. The molecule has 0 aromatic heterocycles. The minimum absolute atomic E-state index is 0.319. The molecular formula is C14H25NO3. The Morgan fingerprint density at radius 1 is 1.06 bits per heavy atom. The van der Waals surface area contributed by atoms with Crippen molar-refractivity contribution in [1.82, 2.24) is 5.32 Å². The van der Waals surface area contributed by atoms with Gasteiger partial charge in [0, 0.05) is 0 Å². The summed E-state index contributed by atoms with van der Waals surface area (Å²) in [5.74, 6) is -1.36. The van der Waals surface area contributed by atoms with Crippen LogP contribution in [0.2, 0.25) is 0 Å². The number of carbonyl (C=O) groups excluding carboxylic acids is 1. The first-order valence-corrected chi connectivity index (χ1v) is 6.83. The summed E-state index contributed by atoms with van der Waals surface area (Å²) in [6.07, 6.45) is 12.9. The molecule has 0 radical (unpaired) electrons. The van der Waals surface area contributed by atoms with E-state index >= 15 is 0 Å². The highest BCUT2D eigenvalue weighted by atomic mass is 16.4. The van der Waals surface area contributed by atoms with E-state index in [2.05, 4.69) is 12.2 Å². The quantitative estimate of drug-likeness (QED) is 0.440. The van der Waals surface area contributed by atoms with Crippen LogP contribution in [-0.2, 0) is 9.59 Å². The minimum atomic E-state index is -1.02. The molecule has 4 heteroatoms. The number of hydrogen-bond donors (Lipinski definition) is 2. The van der Waals surface area contributed by atoms with Gasteiger partial charge >= 0.3 is 5.97 Å². The second kappa shape index (κ2) is 12.1. The molecule has 0 bridgehead atoms. The van der Waals surface area contributed by atoms with Crippen LogP contribution in [0, 0.1) is 0 Å². The zero-order valence-electron chi connectivity index (χ0n) is 11.3. The highest BCUT2D eigenvalue weighted by Gasteiger charge is 1.98. The van der Waals surface area contributed by atoms with Gasteiger partial charge in [-0.15, -0.1) is 0 Å². The van der Waals surface area contributed by atoms with Crippen molar-refractivity contribution in [3.05, 3.63) is 12.2 Å². The lowest BCUT2D eigenvalue weighted by atomic mass is 10.1. The van der Waals surface area contributed by atoms with Crippen LogP contribution in [0.5, 0.6) is 0 Å². The van der Waals surface area contributed by atoms with Crippen molar-refractivity contribution in [2.45, 2.75) is 58.3 Å². The van der Waals surface area contributed by atoms with Crippen LogP contribution < -0.4 is 5.32 Å². The van der Waals surface area contributed by atoms with Crippen LogP contribution in [-0.4, -0.2) is 23.5 Å². The number of carboxylic acids is 1. The van der Waals surface area contributed by atoms with Crippen LogP contribution in [0.4, 0.5) is 0 Å². The molecule has 0 aliphatic heterocycles. The second-order valence-corrected chi connectivity index (χ2v) is 4.42. The average molecular weight is 255 g/mol. The Morgan fingerprint density at radius 3 is 2.28 bits per heavy atom. The standard InChI is InChI=1S/C14H25NO3/c1-2-3-4-5-6-7-8-9-10-11-13(16)15-12-14(17)18/h10-11H,2-9,12H2,1H3,(H,15,16)(H,17,18). The van der Waals surface area contributed by atoms with E-state index in [-0.39, 0.29) is 12.5 Å². The van der Waals surface area contributed by atoms with Crippen LogP contribution in [0.3, 0.4) is 0 Å². The van der Waals surface area contributed by atoms with Crippen molar-refractivity contribution in [2.75, 3.05) is 6.54 Å². The van der Waals surface area contributed by atoms with E-state index in [1.807, 2.05) is 6.08 Å². The van der Waals surface area contributed by atoms with Gasteiger partial charge in [-0.1, -0.05) is 51.5 Å². The predicted molar refractivity (Wildman–Crippen MR) is 72.4 cm³/mol. The molecular weight excluding hydrogens is 230 g/mol. The fraction of sp³-hybridized carbons (Fsp3) is 0.714. The first-order valence-electron chi connectivity index (χ1n) is 6.83. The number of carbonyl (C=O) groups is 2. The van der Waals surface area contributed by atoms with Crippen LogP contribution >= 0.6 is 0 Å². The van der Waals surface area contributed by atoms with E-state index < -0.39 is 5.97 Å². The lowest BCUT2D eigenvalue weighted by Gasteiger charge is -1.99. The van der Waals surface area contributed by atoms with Gasteiger partial charge in [0.25, 0.3) is 0 Å². The summed E-state index contributed by atoms with van der Waals surface area (Å²) in [6, 6.07) is 0. The van der Waals surface area contributed by atoms with Crippen molar-refractivity contribution < 1.29 is 14.7 Å². The molecule has 0 aliphatic carbocycles. The highest BCUT2D eigenvalue weighted by Crippen LogP contribution is 2.08. The Balaban J connectivity index is 3.31. The maximum absolute atomic E-state index is 11.1. The van der Waals surface area contributed by atoms with Gasteiger partial charge in [0.05, 0.1) is 0 Å². The summed E-state index contributed by atoms with van der Waals surface area (Å²) >= 11 is 0.